The van der Waals surface area contributed by atoms with Gasteiger partial charge in [-0.2, -0.15) is 0 Å². The third-order valence-corrected chi connectivity index (χ3v) is 12.1. The average Bonchev–Trinajstić information content (AvgIpc) is 3.83. The Hall–Kier alpha value is -6.94. The SMILES string of the molecule is c1ccc(-c2ccc(N(c3ccc(-c4cccc5ccccc45)cc3)c3cccc4c3sc3ccccc34)cc2-c2ccc3oc4ccccc4c3c2)cc1. The quantitative estimate of drug-likeness (QED) is 0.170. The molecule has 11 aromatic rings. The predicted molar refractivity (Wildman–Crippen MR) is 235 cm³/mol. The van der Waals surface area contributed by atoms with Crippen molar-refractivity contribution in [1.82, 2.24) is 0 Å². The largest absolute Gasteiger partial charge is 0.456 e. The van der Waals surface area contributed by atoms with Crippen LogP contribution >= 0.6 is 11.3 Å². The zero-order valence-corrected chi connectivity index (χ0v) is 30.6. The number of thiophene rings is 1. The molecule has 0 bridgehead atoms. The summed E-state index contributed by atoms with van der Waals surface area (Å²) in [5.41, 5.74) is 12.3. The standard InChI is InChI=1S/C52H33NOS/c1-2-12-34(13-3-1)42-30-29-39(33-46(42)37-26-31-50-47(32-37)43-17-6-8-22-49(43)54-50)53(48-21-11-20-45-44-18-7-9-23-51(44)55-52(45)48)38-27-24-36(25-28-38)41-19-10-15-35-14-4-5-16-40(35)41/h1-33H. The van der Waals surface area contributed by atoms with E-state index in [1.54, 1.807) is 0 Å². The van der Waals surface area contributed by atoms with Gasteiger partial charge in [-0.15, -0.1) is 11.3 Å². The van der Waals surface area contributed by atoms with E-state index < -0.39 is 0 Å². The molecule has 11 rings (SSSR count). The van der Waals surface area contributed by atoms with Gasteiger partial charge in [-0.3, -0.25) is 0 Å². The summed E-state index contributed by atoms with van der Waals surface area (Å²) in [4.78, 5) is 2.44. The maximum absolute atomic E-state index is 6.26. The fourth-order valence-corrected chi connectivity index (χ4v) is 9.48. The maximum atomic E-state index is 6.26. The van der Waals surface area contributed by atoms with Crippen molar-refractivity contribution in [2.24, 2.45) is 0 Å². The third-order valence-electron chi connectivity index (χ3n) is 10.9. The van der Waals surface area contributed by atoms with Crippen molar-refractivity contribution in [2.75, 3.05) is 4.90 Å². The van der Waals surface area contributed by atoms with Crippen molar-refractivity contribution in [3.05, 3.63) is 200 Å². The van der Waals surface area contributed by atoms with E-state index in [0.717, 1.165) is 50.1 Å². The highest BCUT2D eigenvalue weighted by atomic mass is 32.1. The highest BCUT2D eigenvalue weighted by Gasteiger charge is 2.21. The second kappa shape index (κ2) is 12.9. The fourth-order valence-electron chi connectivity index (χ4n) is 8.28. The zero-order valence-electron chi connectivity index (χ0n) is 29.8. The molecule has 258 valence electrons. The molecule has 0 N–H and O–H groups in total. The molecule has 55 heavy (non-hydrogen) atoms. The topological polar surface area (TPSA) is 16.4 Å². The monoisotopic (exact) mass is 719 g/mol. The lowest BCUT2D eigenvalue weighted by atomic mass is 9.92. The molecule has 0 amide bonds. The summed E-state index contributed by atoms with van der Waals surface area (Å²) in [7, 11) is 0. The molecule has 2 aromatic heterocycles. The molecule has 0 fully saturated rings. The molecule has 9 aromatic carbocycles. The number of hydrogen-bond donors (Lipinski definition) is 0. The van der Waals surface area contributed by atoms with Crippen LogP contribution in [0.1, 0.15) is 0 Å². The van der Waals surface area contributed by atoms with Gasteiger partial charge < -0.3 is 9.32 Å². The molecule has 0 atom stereocenters. The van der Waals surface area contributed by atoms with Gasteiger partial charge in [-0.05, 0) is 98.8 Å². The van der Waals surface area contributed by atoms with Gasteiger partial charge in [-0.1, -0.05) is 146 Å². The molecule has 3 heteroatoms. The normalized spacial score (nSPS) is 11.6. The number of benzene rings is 9. The fraction of sp³-hybridized carbons (Fsp3) is 0. The Morgan fingerprint density at radius 1 is 0.364 bits per heavy atom. The molecule has 0 aliphatic heterocycles. The van der Waals surface area contributed by atoms with E-state index in [0.29, 0.717) is 0 Å². The molecule has 2 heterocycles. The van der Waals surface area contributed by atoms with Crippen LogP contribution < -0.4 is 4.90 Å². The van der Waals surface area contributed by atoms with Gasteiger partial charge in [0.15, 0.2) is 0 Å². The molecular formula is C52H33NOS. The van der Waals surface area contributed by atoms with E-state index in [-0.39, 0.29) is 0 Å². The van der Waals surface area contributed by atoms with Crippen LogP contribution in [0, 0.1) is 0 Å². The lowest BCUT2D eigenvalue weighted by Gasteiger charge is -2.27. The summed E-state index contributed by atoms with van der Waals surface area (Å²) in [5, 5.41) is 7.31. The Morgan fingerprint density at radius 2 is 1.02 bits per heavy atom. The van der Waals surface area contributed by atoms with Crippen LogP contribution in [0.5, 0.6) is 0 Å². The summed E-state index contributed by atoms with van der Waals surface area (Å²) < 4.78 is 8.81. The Bertz CT molecular complexity index is 3200. The Balaban J connectivity index is 1.14. The number of fused-ring (bicyclic) bond motifs is 7. The van der Waals surface area contributed by atoms with Crippen LogP contribution in [0.3, 0.4) is 0 Å². The molecular weight excluding hydrogens is 687 g/mol. The molecule has 0 saturated heterocycles. The van der Waals surface area contributed by atoms with E-state index in [2.05, 4.69) is 193 Å². The van der Waals surface area contributed by atoms with Gasteiger partial charge in [0.1, 0.15) is 11.2 Å². The molecule has 2 nitrogen and oxygen atoms in total. The van der Waals surface area contributed by atoms with Crippen molar-refractivity contribution in [1.29, 1.82) is 0 Å². The van der Waals surface area contributed by atoms with Gasteiger partial charge in [0, 0.05) is 37.6 Å². The van der Waals surface area contributed by atoms with Gasteiger partial charge in [-0.25, -0.2) is 0 Å². The second-order valence-electron chi connectivity index (χ2n) is 14.1. The van der Waals surface area contributed by atoms with Crippen molar-refractivity contribution < 1.29 is 4.42 Å². The summed E-state index contributed by atoms with van der Waals surface area (Å²) in [6.45, 7) is 0. The lowest BCUT2D eigenvalue weighted by molar-refractivity contribution is 0.669. The van der Waals surface area contributed by atoms with Crippen molar-refractivity contribution in [3.63, 3.8) is 0 Å². The predicted octanol–water partition coefficient (Wildman–Crippen LogP) is 15.6. The van der Waals surface area contributed by atoms with Crippen LogP contribution in [0.2, 0.25) is 0 Å². The second-order valence-corrected chi connectivity index (χ2v) is 15.1. The van der Waals surface area contributed by atoms with E-state index in [1.807, 2.05) is 23.5 Å². The number of hydrogen-bond acceptors (Lipinski definition) is 3. The maximum Gasteiger partial charge on any atom is 0.135 e. The molecule has 0 spiro atoms. The summed E-state index contributed by atoms with van der Waals surface area (Å²) in [6.07, 6.45) is 0. The smallest absolute Gasteiger partial charge is 0.135 e. The number of furan rings is 1. The van der Waals surface area contributed by atoms with Crippen LogP contribution in [0.25, 0.3) is 86.3 Å². The van der Waals surface area contributed by atoms with Crippen LogP contribution in [0.15, 0.2) is 205 Å². The minimum Gasteiger partial charge on any atom is -0.456 e. The van der Waals surface area contributed by atoms with Gasteiger partial charge >= 0.3 is 0 Å². The molecule has 0 aliphatic rings. The van der Waals surface area contributed by atoms with Crippen LogP contribution in [-0.4, -0.2) is 0 Å². The Morgan fingerprint density at radius 3 is 1.91 bits per heavy atom. The zero-order chi connectivity index (χ0) is 36.3. The summed E-state index contributed by atoms with van der Waals surface area (Å²) in [6, 6.07) is 72.3. The first kappa shape index (κ1) is 31.6. The summed E-state index contributed by atoms with van der Waals surface area (Å²) >= 11 is 1.86. The molecule has 0 radical (unpaired) electrons. The number of anilines is 3. The number of nitrogens with zero attached hydrogens (tertiary/aromatic N) is 1. The van der Waals surface area contributed by atoms with Crippen molar-refractivity contribution in [2.45, 2.75) is 0 Å². The number of para-hydroxylation sites is 1. The van der Waals surface area contributed by atoms with Gasteiger partial charge in [0.2, 0.25) is 0 Å². The highest BCUT2D eigenvalue weighted by molar-refractivity contribution is 7.26. The molecule has 0 saturated carbocycles. The van der Waals surface area contributed by atoms with Gasteiger partial charge in [0.05, 0.1) is 10.4 Å². The lowest BCUT2D eigenvalue weighted by Crippen LogP contribution is -2.10. The van der Waals surface area contributed by atoms with E-state index in [1.165, 1.54) is 53.2 Å². The molecule has 0 unspecified atom stereocenters. The Labute approximate surface area is 322 Å². The first-order chi connectivity index (χ1) is 27.3. The van der Waals surface area contributed by atoms with Crippen molar-refractivity contribution >= 4 is 81.3 Å². The van der Waals surface area contributed by atoms with Crippen LogP contribution in [0.4, 0.5) is 17.1 Å². The number of rotatable bonds is 6. The van der Waals surface area contributed by atoms with Crippen molar-refractivity contribution in [3.8, 4) is 33.4 Å². The molecule has 0 aliphatic carbocycles. The average molecular weight is 720 g/mol. The van der Waals surface area contributed by atoms with Crippen LogP contribution in [-0.2, 0) is 0 Å². The minimum absolute atomic E-state index is 0.895. The third kappa shape index (κ3) is 5.32. The Kier molecular flexibility index (Phi) is 7.39. The summed E-state index contributed by atoms with van der Waals surface area (Å²) in [5.74, 6) is 0. The van der Waals surface area contributed by atoms with E-state index in [9.17, 15) is 0 Å². The van der Waals surface area contributed by atoms with E-state index >= 15 is 0 Å². The van der Waals surface area contributed by atoms with Gasteiger partial charge in [0.25, 0.3) is 0 Å². The first-order valence-corrected chi connectivity index (χ1v) is 19.5. The highest BCUT2D eigenvalue weighted by Crippen LogP contribution is 2.47. The van der Waals surface area contributed by atoms with E-state index in [4.69, 9.17) is 4.42 Å². The minimum atomic E-state index is 0.895. The first-order valence-electron chi connectivity index (χ1n) is 18.7.